The van der Waals surface area contributed by atoms with Crippen molar-refractivity contribution < 1.29 is 5.11 Å². The first-order valence-corrected chi connectivity index (χ1v) is 5.45. The van der Waals surface area contributed by atoms with Crippen molar-refractivity contribution in [3.05, 3.63) is 11.9 Å². The minimum Gasteiger partial charge on any atom is -0.396 e. The molecule has 2 N–H and O–H groups in total. The molecular weight excluding hydrogens is 206 g/mol. The molecule has 0 radical (unpaired) electrons. The highest BCUT2D eigenvalue weighted by Gasteiger charge is 2.13. The van der Waals surface area contributed by atoms with E-state index in [1.54, 1.807) is 10.9 Å². The summed E-state index contributed by atoms with van der Waals surface area (Å²) in [5.74, 6) is 0. The van der Waals surface area contributed by atoms with E-state index in [2.05, 4.69) is 21.7 Å². The third kappa shape index (κ3) is 3.61. The van der Waals surface area contributed by atoms with Crippen molar-refractivity contribution in [2.75, 3.05) is 13.2 Å². The van der Waals surface area contributed by atoms with Crippen molar-refractivity contribution in [3.8, 4) is 6.07 Å². The maximum absolute atomic E-state index is 8.96. The molecule has 0 saturated heterocycles. The van der Waals surface area contributed by atoms with Gasteiger partial charge in [-0.15, -0.1) is 5.10 Å². The Morgan fingerprint density at radius 1 is 1.69 bits per heavy atom. The summed E-state index contributed by atoms with van der Waals surface area (Å²) in [5, 5.41) is 28.6. The van der Waals surface area contributed by atoms with Crippen LogP contribution in [0, 0.1) is 11.3 Å². The lowest BCUT2D eigenvalue weighted by atomic mass is 10.2. The smallest absolute Gasteiger partial charge is 0.141 e. The Morgan fingerprint density at radius 2 is 2.50 bits per heavy atom. The molecule has 1 rings (SSSR count). The fourth-order valence-corrected chi connectivity index (χ4v) is 1.29. The molecule has 1 aromatic rings. The predicted molar refractivity (Wildman–Crippen MR) is 58.4 cm³/mol. The molecule has 88 valence electrons. The van der Waals surface area contributed by atoms with E-state index in [9.17, 15) is 0 Å². The number of nitrogens with zero attached hydrogens (tertiary/aromatic N) is 4. The summed E-state index contributed by atoms with van der Waals surface area (Å²) in [6.45, 7) is 3.57. The van der Waals surface area contributed by atoms with Gasteiger partial charge in [0.2, 0.25) is 0 Å². The molecule has 0 spiro atoms. The van der Waals surface area contributed by atoms with Gasteiger partial charge in [-0.25, -0.2) is 0 Å². The van der Waals surface area contributed by atoms with Crippen LogP contribution in [0.15, 0.2) is 6.20 Å². The fraction of sp³-hybridized carbons (Fsp3) is 0.700. The number of aliphatic hydroxyl groups excluding tert-OH is 1. The first-order valence-electron chi connectivity index (χ1n) is 5.45. The molecule has 0 aromatic carbocycles. The SMILES string of the molecule is CCCNC(C#N)c1cn(CCCO)nn1. The van der Waals surface area contributed by atoms with Gasteiger partial charge in [0.25, 0.3) is 0 Å². The molecule has 1 heterocycles. The Labute approximate surface area is 94.9 Å². The Balaban J connectivity index is 2.57. The van der Waals surface area contributed by atoms with Gasteiger partial charge in [0.15, 0.2) is 0 Å². The van der Waals surface area contributed by atoms with Crippen molar-refractivity contribution in [3.63, 3.8) is 0 Å². The van der Waals surface area contributed by atoms with Gasteiger partial charge < -0.3 is 5.11 Å². The number of aliphatic hydroxyl groups is 1. The van der Waals surface area contributed by atoms with Crippen molar-refractivity contribution in [1.82, 2.24) is 20.3 Å². The monoisotopic (exact) mass is 223 g/mol. The molecule has 6 nitrogen and oxygen atoms in total. The van der Waals surface area contributed by atoms with Crippen LogP contribution >= 0.6 is 0 Å². The summed E-state index contributed by atoms with van der Waals surface area (Å²) in [7, 11) is 0. The van der Waals surface area contributed by atoms with E-state index in [0.717, 1.165) is 13.0 Å². The van der Waals surface area contributed by atoms with Crippen LogP contribution in [0.2, 0.25) is 0 Å². The van der Waals surface area contributed by atoms with Gasteiger partial charge in [-0.05, 0) is 19.4 Å². The number of rotatable bonds is 7. The van der Waals surface area contributed by atoms with Crippen LogP contribution in [-0.2, 0) is 6.54 Å². The van der Waals surface area contributed by atoms with Crippen molar-refractivity contribution in [1.29, 1.82) is 5.26 Å². The second kappa shape index (κ2) is 6.93. The van der Waals surface area contributed by atoms with Crippen molar-refractivity contribution >= 4 is 0 Å². The molecule has 0 bridgehead atoms. The minimum atomic E-state index is -0.400. The van der Waals surface area contributed by atoms with Crippen LogP contribution in [-0.4, -0.2) is 33.3 Å². The van der Waals surface area contributed by atoms with Gasteiger partial charge in [0.1, 0.15) is 11.7 Å². The lowest BCUT2D eigenvalue weighted by Crippen LogP contribution is -2.20. The summed E-state index contributed by atoms with van der Waals surface area (Å²) < 4.78 is 1.64. The Kier molecular flexibility index (Phi) is 5.46. The molecular formula is C10H17N5O. The fourth-order valence-electron chi connectivity index (χ4n) is 1.29. The van der Waals surface area contributed by atoms with E-state index in [1.165, 1.54) is 0 Å². The summed E-state index contributed by atoms with van der Waals surface area (Å²) in [5.41, 5.74) is 0.633. The van der Waals surface area contributed by atoms with Crippen molar-refractivity contribution in [2.45, 2.75) is 32.4 Å². The zero-order valence-electron chi connectivity index (χ0n) is 9.43. The van der Waals surface area contributed by atoms with E-state index in [1.807, 2.05) is 6.92 Å². The van der Waals surface area contributed by atoms with Crippen LogP contribution in [0.1, 0.15) is 31.5 Å². The highest BCUT2D eigenvalue weighted by Crippen LogP contribution is 2.07. The molecule has 0 amide bonds. The number of hydrogen-bond donors (Lipinski definition) is 2. The summed E-state index contributed by atoms with van der Waals surface area (Å²) in [4.78, 5) is 0. The van der Waals surface area contributed by atoms with Gasteiger partial charge in [0.05, 0.1) is 12.3 Å². The summed E-state index contributed by atoms with van der Waals surface area (Å²) in [6, 6.07) is 1.75. The molecule has 1 unspecified atom stereocenters. The zero-order chi connectivity index (χ0) is 11.8. The quantitative estimate of drug-likeness (QED) is 0.690. The molecule has 0 aliphatic rings. The number of aromatic nitrogens is 3. The number of nitriles is 1. The second-order valence-corrected chi connectivity index (χ2v) is 3.50. The lowest BCUT2D eigenvalue weighted by molar-refractivity contribution is 0.276. The highest BCUT2D eigenvalue weighted by atomic mass is 16.3. The predicted octanol–water partition coefficient (Wildman–Crippen LogP) is 0.225. The Hall–Kier alpha value is -1.45. The Morgan fingerprint density at radius 3 is 3.12 bits per heavy atom. The molecule has 16 heavy (non-hydrogen) atoms. The molecule has 1 aromatic heterocycles. The molecule has 6 heteroatoms. The first-order chi connectivity index (χ1) is 7.81. The van der Waals surface area contributed by atoms with Gasteiger partial charge in [-0.1, -0.05) is 12.1 Å². The van der Waals surface area contributed by atoms with Crippen LogP contribution in [0.4, 0.5) is 0 Å². The number of hydrogen-bond acceptors (Lipinski definition) is 5. The van der Waals surface area contributed by atoms with E-state index >= 15 is 0 Å². The summed E-state index contributed by atoms with van der Waals surface area (Å²) in [6.07, 6.45) is 3.35. The lowest BCUT2D eigenvalue weighted by Gasteiger charge is -2.05. The van der Waals surface area contributed by atoms with Crippen LogP contribution in [0.25, 0.3) is 0 Å². The van der Waals surface area contributed by atoms with Gasteiger partial charge in [-0.3, -0.25) is 10.00 Å². The number of nitrogens with one attached hydrogen (secondary N) is 1. The molecule has 1 atom stereocenters. The molecule has 0 fully saturated rings. The van der Waals surface area contributed by atoms with E-state index in [-0.39, 0.29) is 6.61 Å². The van der Waals surface area contributed by atoms with Crippen molar-refractivity contribution in [2.24, 2.45) is 0 Å². The molecule has 0 aliphatic carbocycles. The van der Waals surface area contributed by atoms with Gasteiger partial charge in [0, 0.05) is 13.2 Å². The van der Waals surface area contributed by atoms with Crippen LogP contribution in [0.5, 0.6) is 0 Å². The average Bonchev–Trinajstić information content (AvgIpc) is 2.76. The third-order valence-electron chi connectivity index (χ3n) is 2.13. The topological polar surface area (TPSA) is 86.8 Å². The van der Waals surface area contributed by atoms with Crippen LogP contribution < -0.4 is 5.32 Å². The van der Waals surface area contributed by atoms with Gasteiger partial charge in [-0.2, -0.15) is 5.26 Å². The standard InChI is InChI=1S/C10H17N5O/c1-2-4-12-9(7-11)10-8-15(14-13-10)5-3-6-16/h8-9,12,16H,2-6H2,1H3. The number of aryl methyl sites for hydroxylation is 1. The zero-order valence-corrected chi connectivity index (χ0v) is 9.43. The second-order valence-electron chi connectivity index (χ2n) is 3.50. The third-order valence-corrected chi connectivity index (χ3v) is 2.13. The highest BCUT2D eigenvalue weighted by molar-refractivity contribution is 5.10. The molecule has 0 aliphatic heterocycles. The maximum Gasteiger partial charge on any atom is 0.141 e. The molecule has 0 saturated carbocycles. The average molecular weight is 223 g/mol. The maximum atomic E-state index is 8.96. The van der Waals surface area contributed by atoms with E-state index in [4.69, 9.17) is 10.4 Å². The summed E-state index contributed by atoms with van der Waals surface area (Å²) >= 11 is 0. The van der Waals surface area contributed by atoms with E-state index < -0.39 is 6.04 Å². The minimum absolute atomic E-state index is 0.130. The first kappa shape index (κ1) is 12.6. The Bertz CT molecular complexity index is 343. The largest absolute Gasteiger partial charge is 0.396 e. The van der Waals surface area contributed by atoms with Crippen LogP contribution in [0.3, 0.4) is 0 Å². The van der Waals surface area contributed by atoms with Gasteiger partial charge >= 0.3 is 0 Å². The normalized spacial score (nSPS) is 12.3. The van der Waals surface area contributed by atoms with E-state index in [0.29, 0.717) is 18.7 Å².